The molecule has 2 aliphatic heterocycles. The van der Waals surface area contributed by atoms with Crippen molar-refractivity contribution >= 4 is 57.4 Å². The zero-order valence-corrected chi connectivity index (χ0v) is 44.2. The maximum Gasteiger partial charge on any atom is 0.297 e. The molecular formula is C62H79BN2O. The second-order valence-corrected chi connectivity index (χ2v) is 27.8. The fourth-order valence-corrected chi connectivity index (χ4v) is 14.3. The van der Waals surface area contributed by atoms with Crippen LogP contribution in [0, 0.1) is 13.8 Å². The Kier molecular flexibility index (Phi) is 8.95. The third-order valence-corrected chi connectivity index (χ3v) is 19.1. The maximum absolute atomic E-state index is 7.84. The molecule has 5 aromatic rings. The molecule has 0 saturated heterocycles. The zero-order chi connectivity index (χ0) is 47.4. The van der Waals surface area contributed by atoms with Crippen molar-refractivity contribution in [2.75, 3.05) is 9.80 Å². The highest BCUT2D eigenvalue weighted by molar-refractivity contribution is 6.99. The monoisotopic (exact) mass is 879 g/mol. The minimum Gasteiger partial charge on any atom is -0.472 e. The quantitative estimate of drug-likeness (QED) is 0.161. The average Bonchev–Trinajstić information content (AvgIpc) is 3.65. The summed E-state index contributed by atoms with van der Waals surface area (Å²) >= 11 is 0. The van der Waals surface area contributed by atoms with Crippen molar-refractivity contribution in [3.63, 3.8) is 0 Å². The maximum atomic E-state index is 7.84. The molecule has 0 spiro atoms. The van der Waals surface area contributed by atoms with Gasteiger partial charge in [0.2, 0.25) is 0 Å². The van der Waals surface area contributed by atoms with Crippen LogP contribution in [0.4, 0.5) is 34.1 Å². The average molecular weight is 879 g/mol. The molecule has 0 N–H and O–H groups in total. The van der Waals surface area contributed by atoms with Gasteiger partial charge in [-0.2, -0.15) is 0 Å². The van der Waals surface area contributed by atoms with Gasteiger partial charge in [0.25, 0.3) is 6.71 Å². The molecule has 1 aromatic heterocycles. The van der Waals surface area contributed by atoms with Crippen LogP contribution in [0.25, 0.3) is 0 Å². The van der Waals surface area contributed by atoms with E-state index in [1.54, 1.807) is 0 Å². The van der Waals surface area contributed by atoms with Gasteiger partial charge >= 0.3 is 0 Å². The molecule has 6 aliphatic rings. The van der Waals surface area contributed by atoms with Gasteiger partial charge < -0.3 is 14.2 Å². The molecule has 0 radical (unpaired) electrons. The first-order valence-corrected chi connectivity index (χ1v) is 25.9. The summed E-state index contributed by atoms with van der Waals surface area (Å²) in [6.07, 6.45) is 9.35. The minimum absolute atomic E-state index is 0.0230. The number of rotatable bonds is 2. The minimum atomic E-state index is -0.0924. The van der Waals surface area contributed by atoms with E-state index in [1.165, 1.54) is 133 Å². The van der Waals surface area contributed by atoms with Gasteiger partial charge in [-0.05, 0) is 189 Å². The van der Waals surface area contributed by atoms with E-state index in [1.807, 2.05) is 0 Å². The highest BCUT2D eigenvalue weighted by Crippen LogP contribution is 2.59. The van der Waals surface area contributed by atoms with E-state index in [0.717, 1.165) is 24.9 Å². The van der Waals surface area contributed by atoms with Crippen LogP contribution in [0.15, 0.2) is 59.0 Å². The Balaban J connectivity index is 1.30. The van der Waals surface area contributed by atoms with Gasteiger partial charge in [-0.25, -0.2) is 0 Å². The Morgan fingerprint density at radius 1 is 0.424 bits per heavy atom. The molecule has 0 amide bonds. The Labute approximate surface area is 399 Å². The van der Waals surface area contributed by atoms with Crippen molar-refractivity contribution in [1.29, 1.82) is 0 Å². The highest BCUT2D eigenvalue weighted by atomic mass is 16.3. The first kappa shape index (κ1) is 44.3. The molecule has 4 aliphatic carbocycles. The van der Waals surface area contributed by atoms with Crippen LogP contribution in [0.1, 0.15) is 218 Å². The van der Waals surface area contributed by atoms with Crippen LogP contribution in [0.5, 0.6) is 0 Å². The van der Waals surface area contributed by atoms with Crippen LogP contribution < -0.4 is 26.4 Å². The van der Waals surface area contributed by atoms with E-state index >= 15 is 0 Å². The molecule has 0 atom stereocenters. The summed E-state index contributed by atoms with van der Waals surface area (Å²) in [5.74, 6) is 1.19. The smallest absolute Gasteiger partial charge is 0.297 e. The number of hydrogen-bond donors (Lipinski definition) is 0. The molecule has 66 heavy (non-hydrogen) atoms. The van der Waals surface area contributed by atoms with Gasteiger partial charge in [0.1, 0.15) is 5.76 Å². The lowest BCUT2D eigenvalue weighted by molar-refractivity contribution is 0.282. The summed E-state index contributed by atoms with van der Waals surface area (Å²) in [5, 5.41) is 0. The number of nitrogens with zero attached hydrogens (tertiary/aromatic N) is 2. The van der Waals surface area contributed by atoms with Crippen molar-refractivity contribution < 1.29 is 4.42 Å². The molecule has 11 rings (SSSR count). The molecule has 4 heteroatoms. The van der Waals surface area contributed by atoms with Crippen molar-refractivity contribution in [3.8, 4) is 0 Å². The number of benzene rings is 4. The molecule has 0 unspecified atom stereocenters. The molecule has 4 aromatic carbocycles. The van der Waals surface area contributed by atoms with Gasteiger partial charge in [-0.1, -0.05) is 135 Å². The summed E-state index contributed by atoms with van der Waals surface area (Å²) in [5.41, 5.74) is 25.2. The molecular weight excluding hydrogens is 800 g/mol. The number of fused-ring (bicyclic) bond motifs is 10. The number of hydrogen-bond acceptors (Lipinski definition) is 3. The third kappa shape index (κ3) is 6.00. The molecule has 3 heterocycles. The summed E-state index contributed by atoms with van der Waals surface area (Å²) in [6, 6.07) is 23.0. The normalized spacial score (nSPS) is 23.4. The van der Waals surface area contributed by atoms with Crippen molar-refractivity contribution in [2.24, 2.45) is 0 Å². The topological polar surface area (TPSA) is 19.6 Å². The predicted molar refractivity (Wildman–Crippen MR) is 283 cm³/mol. The summed E-state index contributed by atoms with van der Waals surface area (Å²) in [4.78, 5) is 5.51. The fraction of sp³-hybridized carbons (Fsp3) is 0.548. The van der Waals surface area contributed by atoms with Gasteiger partial charge in [-0.15, -0.1) is 0 Å². The first-order chi connectivity index (χ1) is 30.5. The standard InChI is InChI=1S/C62H79BN2O/c1-36-31-46-50-47(32-36)65(45-35-43-41(33-37(45)2)57(7,8)25-26-59(43,11)12)52-49-53(62(17,18)30-29-61(49,15)16)66-54(52)63(50)44-22-21-40-48(60(13,14)28-27-56(40,5)6)51(44)64(46)38-19-20-39-42(34-38)58(9,10)24-23-55(39,3)4/h19-22,31-35H,23-30H2,1-18H3. The largest absolute Gasteiger partial charge is 0.472 e. The van der Waals surface area contributed by atoms with Crippen LogP contribution >= 0.6 is 0 Å². The molecule has 3 nitrogen and oxygen atoms in total. The van der Waals surface area contributed by atoms with E-state index in [-0.39, 0.29) is 50.0 Å². The van der Waals surface area contributed by atoms with E-state index in [9.17, 15) is 0 Å². The van der Waals surface area contributed by atoms with E-state index in [2.05, 4.69) is 189 Å². The van der Waals surface area contributed by atoms with Gasteiger partial charge in [-0.3, -0.25) is 0 Å². The first-order valence-electron chi connectivity index (χ1n) is 25.9. The summed E-state index contributed by atoms with van der Waals surface area (Å²) < 4.78 is 7.84. The van der Waals surface area contributed by atoms with E-state index in [4.69, 9.17) is 4.42 Å². The van der Waals surface area contributed by atoms with Crippen LogP contribution in [0.3, 0.4) is 0 Å². The molecule has 346 valence electrons. The SMILES string of the molecule is Cc1cc2c3c(c1)N(c1cc4c(cc1C)C(C)(C)CCC4(C)C)c1c(oc4c1C(C)(C)CCC4(C)C)B3c1ccc3c(c1N2c1ccc2c(c1)C(C)(C)CCC2(C)C)C(C)(C)CCC3(C)C. The Morgan fingerprint density at radius 3 is 1.50 bits per heavy atom. The van der Waals surface area contributed by atoms with E-state index < -0.39 is 0 Å². The van der Waals surface area contributed by atoms with Crippen LogP contribution in [-0.4, -0.2) is 6.71 Å². The Bertz CT molecular complexity index is 2920. The number of furan rings is 1. The lowest BCUT2D eigenvalue weighted by Gasteiger charge is -2.49. The second kappa shape index (κ2) is 13.3. The van der Waals surface area contributed by atoms with Gasteiger partial charge in [0.15, 0.2) is 0 Å². The van der Waals surface area contributed by atoms with Crippen LogP contribution in [-0.2, 0) is 43.3 Å². The summed E-state index contributed by atoms with van der Waals surface area (Å²) in [7, 11) is 0. The van der Waals surface area contributed by atoms with E-state index in [0.29, 0.717) is 0 Å². The summed E-state index contributed by atoms with van der Waals surface area (Å²) in [6.45, 7) is 44.4. The Morgan fingerprint density at radius 2 is 0.894 bits per heavy atom. The fourth-order valence-electron chi connectivity index (χ4n) is 14.3. The van der Waals surface area contributed by atoms with Crippen LogP contribution in [0.2, 0.25) is 0 Å². The van der Waals surface area contributed by atoms with Crippen molar-refractivity contribution in [2.45, 2.75) is 219 Å². The third-order valence-electron chi connectivity index (χ3n) is 19.1. The second-order valence-electron chi connectivity index (χ2n) is 27.8. The lowest BCUT2D eigenvalue weighted by Crippen LogP contribution is -2.62. The van der Waals surface area contributed by atoms with Crippen molar-refractivity contribution in [1.82, 2.24) is 0 Å². The highest BCUT2D eigenvalue weighted by Gasteiger charge is 2.55. The predicted octanol–water partition coefficient (Wildman–Crippen LogP) is 15.4. The van der Waals surface area contributed by atoms with Gasteiger partial charge in [0, 0.05) is 39.4 Å². The Hall–Kier alpha value is -4.18. The zero-order valence-electron chi connectivity index (χ0n) is 44.2. The van der Waals surface area contributed by atoms with Crippen molar-refractivity contribution in [3.05, 3.63) is 110 Å². The molecule has 0 bridgehead atoms. The van der Waals surface area contributed by atoms with Gasteiger partial charge in [0.05, 0.1) is 11.3 Å². The lowest BCUT2D eigenvalue weighted by atomic mass is 9.34. The molecule has 0 saturated carbocycles. The number of aryl methyl sites for hydroxylation is 2. The molecule has 0 fully saturated rings. The number of anilines is 6.